The van der Waals surface area contributed by atoms with Crippen LogP contribution >= 0.6 is 11.3 Å². The summed E-state index contributed by atoms with van der Waals surface area (Å²) in [6, 6.07) is 27.1. The minimum absolute atomic E-state index is 0.0964. The Morgan fingerprint density at radius 2 is 1.54 bits per heavy atom. The molecule has 2 aromatic carbocycles. The number of thiophene rings is 1. The predicted molar refractivity (Wildman–Crippen MR) is 102 cm³/mol. The molecule has 1 unspecified atom stereocenters. The van der Waals surface area contributed by atoms with Gasteiger partial charge in [-0.05, 0) is 35.9 Å². The van der Waals surface area contributed by atoms with E-state index in [-0.39, 0.29) is 5.41 Å². The topological polar surface area (TPSA) is 3.24 Å². The van der Waals surface area contributed by atoms with Crippen LogP contribution in [0.2, 0.25) is 0 Å². The minimum atomic E-state index is 0.0964. The van der Waals surface area contributed by atoms with Crippen molar-refractivity contribution in [3.05, 3.63) is 94.2 Å². The van der Waals surface area contributed by atoms with Crippen LogP contribution in [0.4, 0.5) is 0 Å². The lowest BCUT2D eigenvalue weighted by molar-refractivity contribution is 0.257. The third-order valence-corrected chi connectivity index (χ3v) is 6.19. The second kappa shape index (κ2) is 6.54. The van der Waals surface area contributed by atoms with Crippen LogP contribution < -0.4 is 0 Å². The molecule has 0 amide bonds. The molecule has 0 spiro atoms. The van der Waals surface area contributed by atoms with Gasteiger partial charge in [-0.2, -0.15) is 0 Å². The highest BCUT2D eigenvalue weighted by molar-refractivity contribution is 7.09. The van der Waals surface area contributed by atoms with Gasteiger partial charge in [-0.3, -0.25) is 4.90 Å². The zero-order valence-electron chi connectivity index (χ0n) is 14.1. The molecule has 2 heterocycles. The van der Waals surface area contributed by atoms with Crippen molar-refractivity contribution in [3.8, 4) is 0 Å². The number of likely N-dealkylation sites (tertiary alicyclic amines) is 1. The van der Waals surface area contributed by atoms with E-state index in [0.29, 0.717) is 6.04 Å². The van der Waals surface area contributed by atoms with E-state index in [9.17, 15) is 0 Å². The summed E-state index contributed by atoms with van der Waals surface area (Å²) in [6.45, 7) is 4.52. The molecule has 1 aliphatic heterocycles. The van der Waals surface area contributed by atoms with Crippen molar-refractivity contribution in [2.24, 2.45) is 0 Å². The molecule has 0 radical (unpaired) electrons. The van der Waals surface area contributed by atoms with Crippen molar-refractivity contribution in [1.29, 1.82) is 0 Å². The van der Waals surface area contributed by atoms with Gasteiger partial charge in [0, 0.05) is 29.4 Å². The summed E-state index contributed by atoms with van der Waals surface area (Å²) in [5.74, 6) is 0. The second-order valence-electron chi connectivity index (χ2n) is 6.85. The first-order valence-corrected chi connectivity index (χ1v) is 9.53. The summed E-state index contributed by atoms with van der Waals surface area (Å²) in [5.41, 5.74) is 2.98. The Kier molecular flexibility index (Phi) is 4.26. The highest BCUT2D eigenvalue weighted by Gasteiger charge is 2.44. The van der Waals surface area contributed by atoms with Crippen molar-refractivity contribution in [2.45, 2.75) is 31.3 Å². The van der Waals surface area contributed by atoms with Crippen molar-refractivity contribution < 1.29 is 0 Å². The van der Waals surface area contributed by atoms with Crippen LogP contribution in [0.1, 0.15) is 29.3 Å². The zero-order chi connectivity index (χ0) is 16.4. The standard InChI is InChI=1S/C22H23NS/c1-18-15-22(19-9-4-2-5-10-19,20-11-6-3-7-12-20)17-23(18)16-21-13-8-14-24-21/h2-14,18H,15-17H2,1H3. The predicted octanol–water partition coefficient (Wildman–Crippen LogP) is 5.33. The monoisotopic (exact) mass is 333 g/mol. The molecule has 1 nitrogen and oxygen atoms in total. The van der Waals surface area contributed by atoms with E-state index in [2.05, 4.69) is 90.0 Å². The van der Waals surface area contributed by atoms with E-state index in [0.717, 1.165) is 13.1 Å². The molecule has 1 saturated heterocycles. The van der Waals surface area contributed by atoms with Crippen LogP contribution in [0.5, 0.6) is 0 Å². The number of nitrogens with zero attached hydrogens (tertiary/aromatic N) is 1. The Hall–Kier alpha value is -1.90. The summed E-state index contributed by atoms with van der Waals surface area (Å²) in [4.78, 5) is 4.10. The molecule has 1 aromatic heterocycles. The molecule has 1 fully saturated rings. The van der Waals surface area contributed by atoms with Gasteiger partial charge in [-0.25, -0.2) is 0 Å². The van der Waals surface area contributed by atoms with Crippen molar-refractivity contribution in [1.82, 2.24) is 4.90 Å². The molecular weight excluding hydrogens is 310 g/mol. The van der Waals surface area contributed by atoms with Gasteiger partial charge in [-0.1, -0.05) is 66.7 Å². The minimum Gasteiger partial charge on any atom is -0.294 e. The highest BCUT2D eigenvalue weighted by atomic mass is 32.1. The van der Waals surface area contributed by atoms with Gasteiger partial charge >= 0.3 is 0 Å². The maximum absolute atomic E-state index is 2.64. The SMILES string of the molecule is CC1CC(c2ccccc2)(c2ccccc2)CN1Cc1cccs1. The Morgan fingerprint density at radius 3 is 2.08 bits per heavy atom. The number of benzene rings is 2. The van der Waals surface area contributed by atoms with Crippen LogP contribution in [0.25, 0.3) is 0 Å². The largest absolute Gasteiger partial charge is 0.294 e. The molecule has 0 saturated carbocycles. The fourth-order valence-electron chi connectivity index (χ4n) is 4.11. The molecule has 0 N–H and O–H groups in total. The van der Waals surface area contributed by atoms with Crippen LogP contribution in [-0.4, -0.2) is 17.5 Å². The lowest BCUT2D eigenvalue weighted by Gasteiger charge is -2.31. The fraction of sp³-hybridized carbons (Fsp3) is 0.273. The molecule has 1 atom stereocenters. The third-order valence-electron chi connectivity index (χ3n) is 5.33. The smallest absolute Gasteiger partial charge is 0.0344 e. The van der Waals surface area contributed by atoms with Crippen molar-refractivity contribution in [3.63, 3.8) is 0 Å². The van der Waals surface area contributed by atoms with E-state index in [1.165, 1.54) is 22.4 Å². The van der Waals surface area contributed by atoms with E-state index in [4.69, 9.17) is 0 Å². The average Bonchev–Trinajstić information content (AvgIpc) is 3.26. The lowest BCUT2D eigenvalue weighted by atomic mass is 9.73. The van der Waals surface area contributed by atoms with Crippen molar-refractivity contribution >= 4 is 11.3 Å². The number of rotatable bonds is 4. The average molecular weight is 334 g/mol. The van der Waals surface area contributed by atoms with Gasteiger partial charge in [0.1, 0.15) is 0 Å². The van der Waals surface area contributed by atoms with Gasteiger partial charge < -0.3 is 0 Å². The van der Waals surface area contributed by atoms with E-state index >= 15 is 0 Å². The first-order valence-electron chi connectivity index (χ1n) is 8.65. The van der Waals surface area contributed by atoms with Crippen LogP contribution in [0, 0.1) is 0 Å². The lowest BCUT2D eigenvalue weighted by Crippen LogP contribution is -2.32. The molecule has 0 bridgehead atoms. The van der Waals surface area contributed by atoms with Crippen molar-refractivity contribution in [2.75, 3.05) is 6.54 Å². The summed E-state index contributed by atoms with van der Waals surface area (Å²) in [6.07, 6.45) is 1.17. The Labute approximate surface area is 148 Å². The third kappa shape index (κ3) is 2.81. The maximum Gasteiger partial charge on any atom is 0.0344 e. The molecule has 3 aromatic rings. The zero-order valence-corrected chi connectivity index (χ0v) is 14.9. The Morgan fingerprint density at radius 1 is 0.917 bits per heavy atom. The van der Waals surface area contributed by atoms with Crippen LogP contribution in [0.3, 0.4) is 0 Å². The number of hydrogen-bond donors (Lipinski definition) is 0. The normalized spacial score (nSPS) is 20.3. The highest BCUT2D eigenvalue weighted by Crippen LogP contribution is 2.44. The molecular formula is C22H23NS. The fourth-order valence-corrected chi connectivity index (χ4v) is 4.84. The van der Waals surface area contributed by atoms with E-state index in [1.807, 2.05) is 11.3 Å². The van der Waals surface area contributed by atoms with Gasteiger partial charge in [0.25, 0.3) is 0 Å². The molecule has 0 aliphatic carbocycles. The van der Waals surface area contributed by atoms with Gasteiger partial charge in [0.2, 0.25) is 0 Å². The molecule has 1 aliphatic rings. The molecule has 122 valence electrons. The number of hydrogen-bond acceptors (Lipinski definition) is 2. The van der Waals surface area contributed by atoms with Crippen LogP contribution in [0.15, 0.2) is 78.2 Å². The van der Waals surface area contributed by atoms with E-state index < -0.39 is 0 Å². The van der Waals surface area contributed by atoms with Gasteiger partial charge in [0.15, 0.2) is 0 Å². The Bertz CT molecular complexity index is 725. The van der Waals surface area contributed by atoms with Gasteiger partial charge in [0.05, 0.1) is 0 Å². The van der Waals surface area contributed by atoms with Gasteiger partial charge in [-0.15, -0.1) is 11.3 Å². The second-order valence-corrected chi connectivity index (χ2v) is 7.88. The quantitative estimate of drug-likeness (QED) is 0.624. The molecule has 24 heavy (non-hydrogen) atoms. The summed E-state index contributed by atoms with van der Waals surface area (Å²) in [5, 5.41) is 2.18. The first kappa shape index (κ1) is 15.6. The maximum atomic E-state index is 2.64. The molecule has 2 heteroatoms. The van der Waals surface area contributed by atoms with Crippen LogP contribution in [-0.2, 0) is 12.0 Å². The first-order chi connectivity index (χ1) is 11.8. The van der Waals surface area contributed by atoms with E-state index in [1.54, 1.807) is 0 Å². The summed E-state index contributed by atoms with van der Waals surface area (Å²) in [7, 11) is 0. The Balaban J connectivity index is 1.72. The molecule has 4 rings (SSSR count). The summed E-state index contributed by atoms with van der Waals surface area (Å²) >= 11 is 1.86. The summed E-state index contributed by atoms with van der Waals surface area (Å²) < 4.78 is 0.